The number of hydrogen-bond acceptors (Lipinski definition) is 5. The predicted octanol–water partition coefficient (Wildman–Crippen LogP) is 4.95. The van der Waals surface area contributed by atoms with Gasteiger partial charge in [-0.2, -0.15) is 0 Å². The van der Waals surface area contributed by atoms with Gasteiger partial charge in [0.15, 0.2) is 11.0 Å². The molecule has 0 spiro atoms. The van der Waals surface area contributed by atoms with Crippen LogP contribution in [0.1, 0.15) is 18.5 Å². The Balaban J connectivity index is 1.55. The number of benzene rings is 2. The van der Waals surface area contributed by atoms with E-state index < -0.39 is 0 Å². The Kier molecular flexibility index (Phi) is 6.64. The Morgan fingerprint density at radius 3 is 2.45 bits per heavy atom. The van der Waals surface area contributed by atoms with Gasteiger partial charge in [-0.15, -0.1) is 10.2 Å². The second kappa shape index (κ2) is 9.76. The zero-order valence-corrected chi connectivity index (χ0v) is 18.3. The summed E-state index contributed by atoms with van der Waals surface area (Å²) in [6.45, 7) is 1.97. The van der Waals surface area contributed by atoms with E-state index in [2.05, 4.69) is 20.5 Å². The van der Waals surface area contributed by atoms with E-state index in [1.54, 1.807) is 12.4 Å². The molecular formula is C23H20ClN5OS. The minimum absolute atomic E-state index is 0.0718. The summed E-state index contributed by atoms with van der Waals surface area (Å²) in [5.41, 5.74) is 2.80. The Labute approximate surface area is 189 Å². The first-order valence-electron chi connectivity index (χ1n) is 9.70. The highest BCUT2D eigenvalue weighted by Gasteiger charge is 2.18. The fourth-order valence-electron chi connectivity index (χ4n) is 3.11. The number of rotatable bonds is 7. The van der Waals surface area contributed by atoms with E-state index in [0.717, 1.165) is 16.8 Å². The molecule has 1 amide bonds. The van der Waals surface area contributed by atoms with Gasteiger partial charge >= 0.3 is 0 Å². The molecule has 4 aromatic rings. The molecule has 2 aromatic heterocycles. The fourth-order valence-corrected chi connectivity index (χ4v) is 4.00. The molecule has 0 fully saturated rings. The highest BCUT2D eigenvalue weighted by molar-refractivity contribution is 7.99. The number of pyridine rings is 1. The van der Waals surface area contributed by atoms with E-state index in [1.807, 2.05) is 78.2 Å². The summed E-state index contributed by atoms with van der Waals surface area (Å²) < 4.78 is 1.92. The van der Waals surface area contributed by atoms with Crippen LogP contribution in [0.4, 0.5) is 0 Å². The number of carbonyl (C=O) groups excluding carboxylic acids is 1. The SMILES string of the molecule is CC(NC(=O)CSc1nnc(-c2ccncc2)n1-c1ccc(Cl)cc1)c1ccccc1. The summed E-state index contributed by atoms with van der Waals surface area (Å²) in [5.74, 6) is 0.821. The van der Waals surface area contributed by atoms with Crippen molar-refractivity contribution in [1.29, 1.82) is 0 Å². The molecule has 8 heteroatoms. The number of halogens is 1. The normalized spacial score (nSPS) is 11.8. The van der Waals surface area contributed by atoms with Gasteiger partial charge in [-0.1, -0.05) is 53.7 Å². The topological polar surface area (TPSA) is 72.7 Å². The van der Waals surface area contributed by atoms with Crippen molar-refractivity contribution in [1.82, 2.24) is 25.1 Å². The maximum atomic E-state index is 12.6. The summed E-state index contributed by atoms with van der Waals surface area (Å²) in [6.07, 6.45) is 3.42. The molecule has 2 heterocycles. The Morgan fingerprint density at radius 2 is 1.74 bits per heavy atom. The van der Waals surface area contributed by atoms with Gasteiger partial charge in [0.2, 0.25) is 5.91 Å². The maximum Gasteiger partial charge on any atom is 0.230 e. The van der Waals surface area contributed by atoms with Crippen molar-refractivity contribution in [3.8, 4) is 17.1 Å². The first kappa shape index (κ1) is 21.1. The van der Waals surface area contributed by atoms with Crippen LogP contribution in [0.25, 0.3) is 17.1 Å². The van der Waals surface area contributed by atoms with Crippen molar-refractivity contribution in [2.75, 3.05) is 5.75 Å². The first-order chi connectivity index (χ1) is 15.1. The molecule has 0 saturated carbocycles. The summed E-state index contributed by atoms with van der Waals surface area (Å²) in [6, 6.07) is 21.0. The Morgan fingerprint density at radius 1 is 1.03 bits per heavy atom. The molecule has 31 heavy (non-hydrogen) atoms. The predicted molar refractivity (Wildman–Crippen MR) is 123 cm³/mol. The van der Waals surface area contributed by atoms with Crippen LogP contribution < -0.4 is 5.32 Å². The second-order valence-electron chi connectivity index (χ2n) is 6.84. The van der Waals surface area contributed by atoms with Gasteiger partial charge in [0.1, 0.15) is 0 Å². The largest absolute Gasteiger partial charge is 0.349 e. The molecule has 156 valence electrons. The lowest BCUT2D eigenvalue weighted by molar-refractivity contribution is -0.119. The van der Waals surface area contributed by atoms with Gasteiger partial charge in [-0.05, 0) is 48.9 Å². The van der Waals surface area contributed by atoms with Crippen molar-refractivity contribution in [3.05, 3.63) is 89.7 Å². The molecule has 6 nitrogen and oxygen atoms in total. The summed E-state index contributed by atoms with van der Waals surface area (Å²) in [7, 11) is 0. The third-order valence-corrected chi connectivity index (χ3v) is 5.85. The summed E-state index contributed by atoms with van der Waals surface area (Å²) in [4.78, 5) is 16.6. The third kappa shape index (κ3) is 5.13. The van der Waals surface area contributed by atoms with Gasteiger partial charge < -0.3 is 5.32 Å². The highest BCUT2D eigenvalue weighted by atomic mass is 35.5. The highest BCUT2D eigenvalue weighted by Crippen LogP contribution is 2.28. The molecule has 0 radical (unpaired) electrons. The van der Waals surface area contributed by atoms with Gasteiger partial charge in [-0.3, -0.25) is 14.3 Å². The lowest BCUT2D eigenvalue weighted by Crippen LogP contribution is -2.28. The van der Waals surface area contributed by atoms with Crippen LogP contribution in [0.2, 0.25) is 5.02 Å². The van der Waals surface area contributed by atoms with Crippen LogP contribution in [-0.2, 0) is 4.79 Å². The average molecular weight is 450 g/mol. The van der Waals surface area contributed by atoms with Crippen LogP contribution >= 0.6 is 23.4 Å². The smallest absolute Gasteiger partial charge is 0.230 e. The number of hydrogen-bond donors (Lipinski definition) is 1. The average Bonchev–Trinajstić information content (AvgIpc) is 3.23. The molecular weight excluding hydrogens is 430 g/mol. The summed E-state index contributed by atoms with van der Waals surface area (Å²) in [5, 5.41) is 13.0. The van der Waals surface area contributed by atoms with Gasteiger partial charge in [0, 0.05) is 28.7 Å². The molecule has 4 rings (SSSR count). The molecule has 0 bridgehead atoms. The number of aromatic nitrogens is 4. The molecule has 0 aliphatic heterocycles. The lowest BCUT2D eigenvalue weighted by atomic mass is 10.1. The third-order valence-electron chi connectivity index (χ3n) is 4.67. The van der Waals surface area contributed by atoms with E-state index in [-0.39, 0.29) is 17.7 Å². The molecule has 0 aliphatic carbocycles. The van der Waals surface area contributed by atoms with Gasteiger partial charge in [-0.25, -0.2) is 0 Å². The molecule has 0 saturated heterocycles. The van der Waals surface area contributed by atoms with E-state index >= 15 is 0 Å². The minimum Gasteiger partial charge on any atom is -0.349 e. The second-order valence-corrected chi connectivity index (χ2v) is 8.22. The zero-order chi connectivity index (χ0) is 21.6. The number of nitrogens with zero attached hydrogens (tertiary/aromatic N) is 4. The van der Waals surface area contributed by atoms with Crippen LogP contribution in [0.3, 0.4) is 0 Å². The first-order valence-corrected chi connectivity index (χ1v) is 11.1. The van der Waals surface area contributed by atoms with Crippen molar-refractivity contribution in [2.24, 2.45) is 0 Å². The standard InChI is InChI=1S/C23H20ClN5OS/c1-16(17-5-3-2-4-6-17)26-21(30)15-31-23-28-27-22(18-11-13-25-14-12-18)29(23)20-9-7-19(24)8-10-20/h2-14,16H,15H2,1H3,(H,26,30). The van der Waals surface area contributed by atoms with Gasteiger partial charge in [0.25, 0.3) is 0 Å². The Hall–Kier alpha value is -3.16. The lowest BCUT2D eigenvalue weighted by Gasteiger charge is -2.14. The van der Waals surface area contributed by atoms with Crippen molar-refractivity contribution >= 4 is 29.3 Å². The van der Waals surface area contributed by atoms with E-state index in [1.165, 1.54) is 11.8 Å². The summed E-state index contributed by atoms with van der Waals surface area (Å²) >= 11 is 7.40. The molecule has 1 N–H and O–H groups in total. The molecule has 1 unspecified atom stereocenters. The molecule has 2 aromatic carbocycles. The maximum absolute atomic E-state index is 12.6. The number of thioether (sulfide) groups is 1. The quantitative estimate of drug-likeness (QED) is 0.404. The Bertz CT molecular complexity index is 1150. The fraction of sp³-hybridized carbons (Fsp3) is 0.130. The van der Waals surface area contributed by atoms with E-state index in [9.17, 15) is 4.79 Å². The van der Waals surface area contributed by atoms with Crippen LogP contribution in [0.15, 0.2) is 84.3 Å². The van der Waals surface area contributed by atoms with Crippen molar-refractivity contribution < 1.29 is 4.79 Å². The van der Waals surface area contributed by atoms with E-state index in [4.69, 9.17) is 11.6 Å². The molecule has 1 atom stereocenters. The minimum atomic E-state index is -0.0733. The number of nitrogens with one attached hydrogen (secondary N) is 1. The van der Waals surface area contributed by atoms with Gasteiger partial charge in [0.05, 0.1) is 11.8 Å². The van der Waals surface area contributed by atoms with Crippen molar-refractivity contribution in [2.45, 2.75) is 18.1 Å². The molecule has 0 aliphatic rings. The number of carbonyl (C=O) groups is 1. The van der Waals surface area contributed by atoms with Crippen LogP contribution in [0.5, 0.6) is 0 Å². The van der Waals surface area contributed by atoms with Crippen molar-refractivity contribution in [3.63, 3.8) is 0 Å². The monoisotopic (exact) mass is 449 g/mol. The number of amides is 1. The van der Waals surface area contributed by atoms with Crippen LogP contribution in [0, 0.1) is 0 Å². The van der Waals surface area contributed by atoms with E-state index in [0.29, 0.717) is 16.0 Å². The van der Waals surface area contributed by atoms with Crippen LogP contribution in [-0.4, -0.2) is 31.4 Å². The zero-order valence-electron chi connectivity index (χ0n) is 16.8.